The van der Waals surface area contributed by atoms with E-state index in [0.717, 1.165) is 12.8 Å². The predicted molar refractivity (Wildman–Crippen MR) is 67.2 cm³/mol. The first kappa shape index (κ1) is 15.0. The van der Waals surface area contributed by atoms with Crippen LogP contribution in [0.25, 0.3) is 0 Å². The second-order valence-corrected chi connectivity index (χ2v) is 5.50. The lowest BCUT2D eigenvalue weighted by atomic mass is 9.76. The highest BCUT2D eigenvalue weighted by molar-refractivity contribution is 5.87. The molecule has 5 nitrogen and oxygen atoms in total. The van der Waals surface area contributed by atoms with E-state index in [2.05, 4.69) is 5.32 Å². The molecule has 0 aromatic carbocycles. The van der Waals surface area contributed by atoms with Crippen molar-refractivity contribution >= 4 is 11.9 Å². The molecule has 1 fully saturated rings. The monoisotopic (exact) mass is 257 g/mol. The maximum absolute atomic E-state index is 11.7. The summed E-state index contributed by atoms with van der Waals surface area (Å²) < 4.78 is 5.19. The van der Waals surface area contributed by atoms with Gasteiger partial charge in [0, 0.05) is 0 Å². The van der Waals surface area contributed by atoms with E-state index in [1.165, 1.54) is 0 Å². The highest BCUT2D eigenvalue weighted by atomic mass is 16.5. The maximum Gasteiger partial charge on any atom is 0.329 e. The fraction of sp³-hybridized carbons (Fsp3) is 0.846. The molecule has 1 aliphatic carbocycles. The van der Waals surface area contributed by atoms with Crippen molar-refractivity contribution in [1.82, 2.24) is 5.32 Å². The third-order valence-corrected chi connectivity index (χ3v) is 3.33. The minimum absolute atomic E-state index is 0.0400. The van der Waals surface area contributed by atoms with Gasteiger partial charge in [-0.05, 0) is 32.6 Å². The number of carboxylic acid groups (broad SMARTS) is 1. The quantitative estimate of drug-likeness (QED) is 0.783. The number of hydrogen-bond donors (Lipinski definition) is 2. The standard InChI is InChI=1S/C13H23NO4/c1-9(2)18-8-11(15)14-13(12(16)17)6-4-5-10(3)7-13/h9-10H,4-8H2,1-3H3,(H,14,15)(H,16,17). The molecule has 0 aliphatic heterocycles. The topological polar surface area (TPSA) is 75.6 Å². The van der Waals surface area contributed by atoms with E-state index in [-0.39, 0.29) is 18.6 Å². The summed E-state index contributed by atoms with van der Waals surface area (Å²) in [4.78, 5) is 23.2. The van der Waals surface area contributed by atoms with Crippen LogP contribution in [0.4, 0.5) is 0 Å². The molecule has 0 spiro atoms. The summed E-state index contributed by atoms with van der Waals surface area (Å²) in [5, 5.41) is 12.0. The number of nitrogens with one attached hydrogen (secondary N) is 1. The first-order valence-corrected chi connectivity index (χ1v) is 6.52. The number of hydrogen-bond acceptors (Lipinski definition) is 3. The fourth-order valence-corrected chi connectivity index (χ4v) is 2.46. The maximum atomic E-state index is 11.7. The Morgan fingerprint density at radius 3 is 2.67 bits per heavy atom. The molecule has 1 amide bonds. The Kier molecular flexibility index (Phi) is 5.14. The summed E-state index contributed by atoms with van der Waals surface area (Å²) in [5.41, 5.74) is -1.10. The molecule has 0 saturated heterocycles. The van der Waals surface area contributed by atoms with Crippen LogP contribution in [0.3, 0.4) is 0 Å². The van der Waals surface area contributed by atoms with Crippen LogP contribution in [0, 0.1) is 5.92 Å². The summed E-state index contributed by atoms with van der Waals surface area (Å²) in [7, 11) is 0. The van der Waals surface area contributed by atoms with Gasteiger partial charge >= 0.3 is 5.97 Å². The summed E-state index contributed by atoms with van der Waals surface area (Å²) in [6.07, 6.45) is 2.81. The summed E-state index contributed by atoms with van der Waals surface area (Å²) >= 11 is 0. The van der Waals surface area contributed by atoms with Gasteiger partial charge in [0.15, 0.2) is 0 Å². The predicted octanol–water partition coefficient (Wildman–Crippen LogP) is 1.56. The SMILES string of the molecule is CC1CCCC(NC(=O)COC(C)C)(C(=O)O)C1. The van der Waals surface area contributed by atoms with Gasteiger partial charge in [-0.25, -0.2) is 4.79 Å². The molecule has 0 radical (unpaired) electrons. The zero-order valence-electron chi connectivity index (χ0n) is 11.4. The third-order valence-electron chi connectivity index (χ3n) is 3.33. The minimum Gasteiger partial charge on any atom is -0.480 e. The summed E-state index contributed by atoms with van der Waals surface area (Å²) in [5.74, 6) is -0.965. The van der Waals surface area contributed by atoms with Crippen LogP contribution in [0.15, 0.2) is 0 Å². The van der Waals surface area contributed by atoms with Crippen molar-refractivity contribution < 1.29 is 19.4 Å². The van der Waals surface area contributed by atoms with Gasteiger partial charge in [-0.15, -0.1) is 0 Å². The van der Waals surface area contributed by atoms with Crippen LogP contribution < -0.4 is 5.32 Å². The van der Waals surface area contributed by atoms with Crippen LogP contribution in [0.5, 0.6) is 0 Å². The molecule has 18 heavy (non-hydrogen) atoms. The number of ether oxygens (including phenoxy) is 1. The second kappa shape index (κ2) is 6.18. The second-order valence-electron chi connectivity index (χ2n) is 5.50. The molecule has 5 heteroatoms. The van der Waals surface area contributed by atoms with E-state index < -0.39 is 11.5 Å². The van der Waals surface area contributed by atoms with Crippen LogP contribution in [0.1, 0.15) is 46.5 Å². The van der Waals surface area contributed by atoms with Crippen molar-refractivity contribution in [1.29, 1.82) is 0 Å². The highest BCUT2D eigenvalue weighted by Crippen LogP contribution is 2.32. The lowest BCUT2D eigenvalue weighted by molar-refractivity contribution is -0.151. The fourth-order valence-electron chi connectivity index (χ4n) is 2.46. The van der Waals surface area contributed by atoms with Crippen molar-refractivity contribution in [2.24, 2.45) is 5.92 Å². The molecule has 0 heterocycles. The van der Waals surface area contributed by atoms with Gasteiger partial charge in [0.25, 0.3) is 0 Å². The lowest BCUT2D eigenvalue weighted by Crippen LogP contribution is -2.57. The smallest absolute Gasteiger partial charge is 0.329 e. The Balaban J connectivity index is 2.62. The van der Waals surface area contributed by atoms with E-state index in [9.17, 15) is 14.7 Å². The van der Waals surface area contributed by atoms with Gasteiger partial charge in [0.1, 0.15) is 12.1 Å². The summed E-state index contributed by atoms with van der Waals surface area (Å²) in [6, 6.07) is 0. The first-order chi connectivity index (χ1) is 8.35. The van der Waals surface area contributed by atoms with Gasteiger partial charge < -0.3 is 15.2 Å². The molecule has 104 valence electrons. The Labute approximate surface area is 108 Å². The van der Waals surface area contributed by atoms with E-state index in [0.29, 0.717) is 18.8 Å². The van der Waals surface area contributed by atoms with Crippen molar-refractivity contribution in [3.05, 3.63) is 0 Å². The molecular formula is C13H23NO4. The Morgan fingerprint density at radius 2 is 2.17 bits per heavy atom. The average molecular weight is 257 g/mol. The molecule has 0 aromatic rings. The molecule has 0 aromatic heterocycles. The van der Waals surface area contributed by atoms with E-state index in [4.69, 9.17) is 4.74 Å². The van der Waals surface area contributed by atoms with Crippen molar-refractivity contribution in [3.63, 3.8) is 0 Å². The van der Waals surface area contributed by atoms with E-state index >= 15 is 0 Å². The van der Waals surface area contributed by atoms with Gasteiger partial charge in [-0.3, -0.25) is 4.79 Å². The molecule has 1 saturated carbocycles. The van der Waals surface area contributed by atoms with Crippen LogP contribution in [-0.4, -0.2) is 35.2 Å². The van der Waals surface area contributed by atoms with Crippen LogP contribution in [0.2, 0.25) is 0 Å². The number of carbonyl (C=O) groups is 2. The Morgan fingerprint density at radius 1 is 1.50 bits per heavy atom. The lowest BCUT2D eigenvalue weighted by Gasteiger charge is -2.37. The molecule has 2 unspecified atom stereocenters. The zero-order chi connectivity index (χ0) is 13.8. The van der Waals surface area contributed by atoms with Gasteiger partial charge in [0.05, 0.1) is 6.10 Å². The number of carboxylic acids is 1. The first-order valence-electron chi connectivity index (χ1n) is 6.52. The highest BCUT2D eigenvalue weighted by Gasteiger charge is 2.43. The largest absolute Gasteiger partial charge is 0.480 e. The van der Waals surface area contributed by atoms with Crippen molar-refractivity contribution in [2.75, 3.05) is 6.61 Å². The van der Waals surface area contributed by atoms with E-state index in [1.807, 2.05) is 20.8 Å². The molecular weight excluding hydrogens is 234 g/mol. The Bertz CT molecular complexity index is 316. The normalized spacial score (nSPS) is 28.1. The number of aliphatic carboxylic acids is 1. The number of carbonyl (C=O) groups excluding carboxylic acids is 1. The van der Waals surface area contributed by atoms with Crippen molar-refractivity contribution in [3.8, 4) is 0 Å². The summed E-state index contributed by atoms with van der Waals surface area (Å²) in [6.45, 7) is 5.61. The number of amides is 1. The van der Waals surface area contributed by atoms with Gasteiger partial charge in [-0.1, -0.05) is 19.8 Å². The molecule has 1 rings (SSSR count). The van der Waals surface area contributed by atoms with Crippen molar-refractivity contribution in [2.45, 2.75) is 58.1 Å². The van der Waals surface area contributed by atoms with Gasteiger partial charge in [0.2, 0.25) is 5.91 Å². The molecule has 2 atom stereocenters. The zero-order valence-corrected chi connectivity index (χ0v) is 11.4. The average Bonchev–Trinajstić information content (AvgIpc) is 2.26. The third kappa shape index (κ3) is 3.98. The van der Waals surface area contributed by atoms with E-state index in [1.54, 1.807) is 0 Å². The molecule has 2 N–H and O–H groups in total. The number of rotatable bonds is 5. The molecule has 0 bridgehead atoms. The van der Waals surface area contributed by atoms with Gasteiger partial charge in [-0.2, -0.15) is 0 Å². The Hall–Kier alpha value is -1.10. The van der Waals surface area contributed by atoms with Crippen LogP contribution >= 0.6 is 0 Å². The minimum atomic E-state index is -1.10. The van der Waals surface area contributed by atoms with Crippen LogP contribution in [-0.2, 0) is 14.3 Å². The molecule has 1 aliphatic rings.